The molecule has 0 saturated heterocycles. The van der Waals surface area contributed by atoms with Gasteiger partial charge in [0.05, 0.1) is 4.88 Å². The first kappa shape index (κ1) is 12.4. The molecule has 0 N–H and O–H groups in total. The van der Waals surface area contributed by atoms with Crippen LogP contribution in [0.1, 0.15) is 27.0 Å². The summed E-state index contributed by atoms with van der Waals surface area (Å²) in [5.41, 5.74) is 0.810. The fourth-order valence-electron chi connectivity index (χ4n) is 1.65. The fourth-order valence-corrected chi connectivity index (χ4v) is 3.15. The minimum Gasteiger partial charge on any atom is -0.288 e. The normalized spacial score (nSPS) is 10.5. The Balaban J connectivity index is 2.36. The molecule has 0 aliphatic heterocycles. The van der Waals surface area contributed by atoms with Gasteiger partial charge in [-0.3, -0.25) is 4.79 Å². The molecule has 1 nitrogen and oxygen atoms in total. The van der Waals surface area contributed by atoms with E-state index in [2.05, 4.69) is 6.92 Å². The number of aryl methyl sites for hydroxylation is 1. The molecule has 2 aromatic rings. The van der Waals surface area contributed by atoms with Gasteiger partial charge in [-0.15, -0.1) is 23.1 Å². The van der Waals surface area contributed by atoms with Crippen LogP contribution in [0.2, 0.25) is 0 Å². The number of carbonyl (C=O) groups excluding carboxylic acids is 1. The van der Waals surface area contributed by atoms with E-state index in [4.69, 9.17) is 0 Å². The Labute approximate surface area is 110 Å². The molecule has 0 saturated carbocycles. The van der Waals surface area contributed by atoms with Gasteiger partial charge in [-0.1, -0.05) is 19.1 Å². The van der Waals surface area contributed by atoms with Gasteiger partial charge in [0.2, 0.25) is 5.78 Å². The maximum absolute atomic E-state index is 12.4. The fraction of sp³-hybridized carbons (Fsp3) is 0.214. The van der Waals surface area contributed by atoms with Crippen LogP contribution in [-0.2, 0) is 6.42 Å². The quantitative estimate of drug-likeness (QED) is 0.605. The van der Waals surface area contributed by atoms with Gasteiger partial charge < -0.3 is 0 Å². The molecule has 0 amide bonds. The molecule has 0 unspecified atom stereocenters. The number of hydrogen-bond donors (Lipinski definition) is 0. The van der Waals surface area contributed by atoms with Crippen molar-refractivity contribution < 1.29 is 4.79 Å². The Morgan fingerprint density at radius 1 is 1.24 bits per heavy atom. The lowest BCUT2D eigenvalue weighted by atomic mass is 10.1. The molecule has 0 aliphatic carbocycles. The molecule has 0 bridgehead atoms. The second kappa shape index (κ2) is 5.52. The summed E-state index contributed by atoms with van der Waals surface area (Å²) in [7, 11) is 0. The zero-order valence-electron chi connectivity index (χ0n) is 9.90. The van der Waals surface area contributed by atoms with E-state index < -0.39 is 0 Å². The van der Waals surface area contributed by atoms with E-state index in [1.54, 1.807) is 23.1 Å². The molecule has 1 aromatic heterocycles. The molecule has 0 fully saturated rings. The van der Waals surface area contributed by atoms with Crippen molar-refractivity contribution in [3.63, 3.8) is 0 Å². The van der Waals surface area contributed by atoms with Crippen LogP contribution in [0.25, 0.3) is 0 Å². The molecule has 1 heterocycles. The van der Waals surface area contributed by atoms with Crippen LogP contribution in [0.15, 0.2) is 41.3 Å². The lowest BCUT2D eigenvalue weighted by Crippen LogP contribution is -2.00. The van der Waals surface area contributed by atoms with Crippen molar-refractivity contribution in [3.8, 4) is 0 Å². The predicted molar refractivity (Wildman–Crippen MR) is 75.4 cm³/mol. The topological polar surface area (TPSA) is 17.1 Å². The summed E-state index contributed by atoms with van der Waals surface area (Å²) in [6.45, 7) is 2.11. The lowest BCUT2D eigenvalue weighted by molar-refractivity contribution is 0.104. The number of benzene rings is 1. The van der Waals surface area contributed by atoms with Gasteiger partial charge in [0.1, 0.15) is 0 Å². The minimum atomic E-state index is 0.139. The summed E-state index contributed by atoms with van der Waals surface area (Å²) in [5, 5.41) is 0. The van der Waals surface area contributed by atoms with E-state index in [1.165, 1.54) is 4.88 Å². The van der Waals surface area contributed by atoms with Crippen molar-refractivity contribution in [3.05, 3.63) is 51.7 Å². The first-order valence-corrected chi connectivity index (χ1v) is 7.56. The van der Waals surface area contributed by atoms with Crippen molar-refractivity contribution in [1.29, 1.82) is 0 Å². The SMILES string of the molecule is CCc1ccc(C(=O)c2ccccc2SC)s1. The van der Waals surface area contributed by atoms with E-state index in [1.807, 2.05) is 42.7 Å². The van der Waals surface area contributed by atoms with E-state index >= 15 is 0 Å². The zero-order chi connectivity index (χ0) is 12.3. The molecule has 17 heavy (non-hydrogen) atoms. The highest BCUT2D eigenvalue weighted by Gasteiger charge is 2.14. The molecular formula is C14H14OS2. The highest BCUT2D eigenvalue weighted by atomic mass is 32.2. The minimum absolute atomic E-state index is 0.139. The van der Waals surface area contributed by atoms with Crippen LogP contribution < -0.4 is 0 Å². The molecule has 2 rings (SSSR count). The van der Waals surface area contributed by atoms with Crippen LogP contribution in [0.4, 0.5) is 0 Å². The Bertz CT molecular complexity index is 529. The van der Waals surface area contributed by atoms with Gasteiger partial charge >= 0.3 is 0 Å². The van der Waals surface area contributed by atoms with E-state index in [-0.39, 0.29) is 5.78 Å². The second-order valence-corrected chi connectivity index (χ2v) is 5.67. The standard InChI is InChI=1S/C14H14OS2/c1-3-10-8-9-13(17-10)14(15)11-6-4-5-7-12(11)16-2/h4-9H,3H2,1-2H3. The summed E-state index contributed by atoms with van der Waals surface area (Å²) in [5.74, 6) is 0.139. The third-order valence-electron chi connectivity index (χ3n) is 2.59. The van der Waals surface area contributed by atoms with Crippen LogP contribution in [-0.4, -0.2) is 12.0 Å². The highest BCUT2D eigenvalue weighted by Crippen LogP contribution is 2.26. The number of rotatable bonds is 4. The van der Waals surface area contributed by atoms with E-state index in [0.29, 0.717) is 0 Å². The molecular weight excluding hydrogens is 248 g/mol. The number of hydrogen-bond acceptors (Lipinski definition) is 3. The van der Waals surface area contributed by atoms with Gasteiger partial charge in [-0.05, 0) is 36.9 Å². The average Bonchev–Trinajstić information content (AvgIpc) is 2.86. The van der Waals surface area contributed by atoms with Crippen LogP contribution in [0.3, 0.4) is 0 Å². The smallest absolute Gasteiger partial charge is 0.204 e. The zero-order valence-corrected chi connectivity index (χ0v) is 11.5. The van der Waals surface area contributed by atoms with Crippen molar-refractivity contribution in [1.82, 2.24) is 0 Å². The Hall–Kier alpha value is -1.06. The Kier molecular flexibility index (Phi) is 4.02. The van der Waals surface area contributed by atoms with Crippen molar-refractivity contribution in [2.75, 3.05) is 6.26 Å². The first-order chi connectivity index (χ1) is 8.26. The van der Waals surface area contributed by atoms with Crippen LogP contribution >= 0.6 is 23.1 Å². The highest BCUT2D eigenvalue weighted by molar-refractivity contribution is 7.98. The maximum atomic E-state index is 12.4. The molecule has 0 radical (unpaired) electrons. The van der Waals surface area contributed by atoms with Gasteiger partial charge in [-0.25, -0.2) is 0 Å². The summed E-state index contributed by atoms with van der Waals surface area (Å²) in [4.78, 5) is 15.5. The summed E-state index contributed by atoms with van der Waals surface area (Å²) < 4.78 is 0. The number of thioether (sulfide) groups is 1. The van der Waals surface area contributed by atoms with Crippen LogP contribution in [0.5, 0.6) is 0 Å². The van der Waals surface area contributed by atoms with Crippen molar-refractivity contribution in [2.24, 2.45) is 0 Å². The van der Waals surface area contributed by atoms with E-state index in [0.717, 1.165) is 21.8 Å². The average molecular weight is 262 g/mol. The first-order valence-electron chi connectivity index (χ1n) is 5.52. The van der Waals surface area contributed by atoms with Crippen molar-refractivity contribution >= 4 is 28.9 Å². The number of thiophene rings is 1. The third kappa shape index (κ3) is 2.61. The number of ketones is 1. The largest absolute Gasteiger partial charge is 0.288 e. The van der Waals surface area contributed by atoms with Gasteiger partial charge in [-0.2, -0.15) is 0 Å². The molecule has 88 valence electrons. The van der Waals surface area contributed by atoms with E-state index in [9.17, 15) is 4.79 Å². The van der Waals surface area contributed by atoms with Gasteiger partial charge in [0, 0.05) is 15.3 Å². The lowest BCUT2D eigenvalue weighted by Gasteiger charge is -2.04. The molecule has 1 aromatic carbocycles. The summed E-state index contributed by atoms with van der Waals surface area (Å²) in [6.07, 6.45) is 2.99. The second-order valence-electron chi connectivity index (χ2n) is 3.65. The predicted octanol–water partition coefficient (Wildman–Crippen LogP) is 4.26. The Morgan fingerprint density at radius 3 is 2.65 bits per heavy atom. The van der Waals surface area contributed by atoms with Crippen molar-refractivity contribution in [2.45, 2.75) is 18.2 Å². The monoisotopic (exact) mass is 262 g/mol. The summed E-state index contributed by atoms with van der Waals surface area (Å²) in [6, 6.07) is 11.8. The number of carbonyl (C=O) groups is 1. The van der Waals surface area contributed by atoms with Gasteiger partial charge in [0.25, 0.3) is 0 Å². The maximum Gasteiger partial charge on any atom is 0.204 e. The molecule has 0 aliphatic rings. The molecule has 0 spiro atoms. The van der Waals surface area contributed by atoms with Crippen LogP contribution in [0, 0.1) is 0 Å². The van der Waals surface area contributed by atoms with Gasteiger partial charge in [0.15, 0.2) is 0 Å². The summed E-state index contributed by atoms with van der Waals surface area (Å²) >= 11 is 3.21. The molecule has 0 atom stereocenters. The Morgan fingerprint density at radius 2 is 2.00 bits per heavy atom. The molecule has 3 heteroatoms. The third-order valence-corrected chi connectivity index (χ3v) is 4.61.